The molecule has 0 bridgehead atoms. The highest BCUT2D eigenvalue weighted by Gasteiger charge is 2.26. The Bertz CT molecular complexity index is 664. The lowest BCUT2D eigenvalue weighted by atomic mass is 10.3. The van der Waals surface area contributed by atoms with E-state index < -0.39 is 5.97 Å². The second-order valence-electron chi connectivity index (χ2n) is 5.43. The summed E-state index contributed by atoms with van der Waals surface area (Å²) < 4.78 is 15.0. The van der Waals surface area contributed by atoms with Gasteiger partial charge in [-0.2, -0.15) is 0 Å². The number of hydrogen-bond acceptors (Lipinski definition) is 7. The Balaban J connectivity index is 1.43. The van der Waals surface area contributed by atoms with Gasteiger partial charge in [-0.3, -0.25) is 9.59 Å². The van der Waals surface area contributed by atoms with Crippen molar-refractivity contribution in [3.63, 3.8) is 0 Å². The predicted molar refractivity (Wildman–Crippen MR) is 87.7 cm³/mol. The highest BCUT2D eigenvalue weighted by Crippen LogP contribution is 2.14. The van der Waals surface area contributed by atoms with E-state index in [-0.39, 0.29) is 30.8 Å². The summed E-state index contributed by atoms with van der Waals surface area (Å²) in [7, 11) is 0. The molecule has 134 valence electrons. The first-order chi connectivity index (χ1) is 12.1. The Labute approximate surface area is 148 Å². The van der Waals surface area contributed by atoms with Crippen LogP contribution < -0.4 is 0 Å². The zero-order valence-corrected chi connectivity index (χ0v) is 14.3. The van der Waals surface area contributed by atoms with E-state index >= 15 is 0 Å². The van der Waals surface area contributed by atoms with E-state index in [9.17, 15) is 14.4 Å². The normalized spacial score (nSPS) is 17.2. The van der Waals surface area contributed by atoms with Gasteiger partial charge in [0.15, 0.2) is 6.61 Å². The molecule has 0 radical (unpaired) electrons. The average Bonchev–Trinajstić information content (AvgIpc) is 3.21. The van der Waals surface area contributed by atoms with Crippen molar-refractivity contribution >= 4 is 29.1 Å². The lowest BCUT2D eigenvalue weighted by Gasteiger charge is -2.34. The summed E-state index contributed by atoms with van der Waals surface area (Å²) in [4.78, 5) is 40.1. The van der Waals surface area contributed by atoms with Crippen LogP contribution >= 0.6 is 11.3 Å². The molecular formula is C16H18N2O6S. The van der Waals surface area contributed by atoms with Crippen molar-refractivity contribution in [3.05, 3.63) is 34.4 Å². The van der Waals surface area contributed by atoms with Gasteiger partial charge in [-0.15, -0.1) is 11.3 Å². The molecule has 1 aromatic heterocycles. The van der Waals surface area contributed by atoms with Crippen LogP contribution in [-0.2, 0) is 23.8 Å². The quantitative estimate of drug-likeness (QED) is 0.720. The Morgan fingerprint density at radius 3 is 2.52 bits per heavy atom. The van der Waals surface area contributed by atoms with Gasteiger partial charge >= 0.3 is 5.97 Å². The fourth-order valence-corrected chi connectivity index (χ4v) is 3.17. The van der Waals surface area contributed by atoms with Gasteiger partial charge in [-0.25, -0.2) is 4.79 Å². The summed E-state index contributed by atoms with van der Waals surface area (Å²) in [5, 5.41) is 1.86. The van der Waals surface area contributed by atoms with Crippen molar-refractivity contribution < 1.29 is 28.6 Å². The SMILES string of the molecule is O=C(OCC(=O)N1CCN(C(=O)c2cccs2)CC1)C1=COCCO1. The topological polar surface area (TPSA) is 85.4 Å². The van der Waals surface area contributed by atoms with Crippen LogP contribution in [0.4, 0.5) is 0 Å². The number of carbonyl (C=O) groups excluding carboxylic acids is 3. The number of rotatable bonds is 4. The predicted octanol–water partition coefficient (Wildman–Crippen LogP) is 0.464. The minimum absolute atomic E-state index is 0.0186. The molecule has 2 amide bonds. The number of ether oxygens (including phenoxy) is 3. The maximum absolute atomic E-state index is 12.3. The molecule has 1 fully saturated rings. The first-order valence-electron chi connectivity index (χ1n) is 7.87. The monoisotopic (exact) mass is 366 g/mol. The molecule has 0 aliphatic carbocycles. The van der Waals surface area contributed by atoms with Gasteiger partial charge < -0.3 is 24.0 Å². The first kappa shape index (κ1) is 17.3. The number of thiophene rings is 1. The van der Waals surface area contributed by atoms with Crippen molar-refractivity contribution in [3.8, 4) is 0 Å². The summed E-state index contributed by atoms with van der Waals surface area (Å²) in [5.41, 5.74) is 0. The minimum atomic E-state index is -0.723. The van der Waals surface area contributed by atoms with Crippen LogP contribution in [0.2, 0.25) is 0 Å². The number of carbonyl (C=O) groups is 3. The number of amides is 2. The van der Waals surface area contributed by atoms with E-state index in [1.165, 1.54) is 17.6 Å². The van der Waals surface area contributed by atoms with E-state index in [1.807, 2.05) is 11.4 Å². The molecule has 0 saturated carbocycles. The summed E-state index contributed by atoms with van der Waals surface area (Å²) in [5.74, 6) is -1.08. The first-order valence-corrected chi connectivity index (χ1v) is 8.75. The molecule has 0 N–H and O–H groups in total. The van der Waals surface area contributed by atoms with Crippen molar-refractivity contribution in [1.82, 2.24) is 9.80 Å². The molecule has 1 aromatic rings. The third-order valence-electron chi connectivity index (χ3n) is 3.83. The second-order valence-corrected chi connectivity index (χ2v) is 6.38. The number of esters is 1. The molecule has 8 nitrogen and oxygen atoms in total. The average molecular weight is 366 g/mol. The molecule has 0 aromatic carbocycles. The van der Waals surface area contributed by atoms with Crippen molar-refractivity contribution in [2.45, 2.75) is 0 Å². The van der Waals surface area contributed by atoms with Gasteiger partial charge in [0, 0.05) is 26.2 Å². The number of hydrogen-bond donors (Lipinski definition) is 0. The van der Waals surface area contributed by atoms with Gasteiger partial charge in [-0.1, -0.05) is 6.07 Å². The van der Waals surface area contributed by atoms with Crippen LogP contribution in [0.3, 0.4) is 0 Å². The summed E-state index contributed by atoms with van der Waals surface area (Å²) in [6, 6.07) is 3.62. The Morgan fingerprint density at radius 2 is 1.88 bits per heavy atom. The van der Waals surface area contributed by atoms with E-state index in [2.05, 4.69) is 0 Å². The van der Waals surface area contributed by atoms with Crippen molar-refractivity contribution in [1.29, 1.82) is 0 Å². The van der Waals surface area contributed by atoms with E-state index in [0.29, 0.717) is 37.7 Å². The van der Waals surface area contributed by atoms with Crippen molar-refractivity contribution in [2.75, 3.05) is 46.0 Å². The second kappa shape index (κ2) is 8.02. The van der Waals surface area contributed by atoms with Gasteiger partial charge in [0.2, 0.25) is 5.76 Å². The molecular weight excluding hydrogens is 348 g/mol. The molecule has 2 aliphatic heterocycles. The number of nitrogens with zero attached hydrogens (tertiary/aromatic N) is 2. The lowest BCUT2D eigenvalue weighted by Crippen LogP contribution is -2.51. The number of piperazine rings is 1. The van der Waals surface area contributed by atoms with Crippen LogP contribution in [0.5, 0.6) is 0 Å². The van der Waals surface area contributed by atoms with Crippen LogP contribution in [0, 0.1) is 0 Å². The molecule has 0 unspecified atom stereocenters. The highest BCUT2D eigenvalue weighted by molar-refractivity contribution is 7.12. The largest absolute Gasteiger partial charge is 0.493 e. The van der Waals surface area contributed by atoms with Crippen LogP contribution in [0.25, 0.3) is 0 Å². The summed E-state index contributed by atoms with van der Waals surface area (Å²) in [6.45, 7) is 2.03. The van der Waals surface area contributed by atoms with Crippen LogP contribution in [0.15, 0.2) is 29.5 Å². The zero-order valence-electron chi connectivity index (χ0n) is 13.5. The molecule has 1 saturated heterocycles. The highest BCUT2D eigenvalue weighted by atomic mass is 32.1. The fraction of sp³-hybridized carbons (Fsp3) is 0.438. The van der Waals surface area contributed by atoms with Crippen molar-refractivity contribution in [2.24, 2.45) is 0 Å². The maximum Gasteiger partial charge on any atom is 0.377 e. The molecule has 0 spiro atoms. The molecule has 2 aliphatic rings. The third kappa shape index (κ3) is 4.30. The van der Waals surface area contributed by atoms with Crippen LogP contribution in [0.1, 0.15) is 9.67 Å². The third-order valence-corrected chi connectivity index (χ3v) is 4.69. The Hall–Kier alpha value is -2.55. The molecule has 25 heavy (non-hydrogen) atoms. The van der Waals surface area contributed by atoms with E-state index in [0.717, 1.165) is 0 Å². The van der Waals surface area contributed by atoms with Crippen LogP contribution in [-0.4, -0.2) is 73.6 Å². The van der Waals surface area contributed by atoms with E-state index in [4.69, 9.17) is 14.2 Å². The van der Waals surface area contributed by atoms with Gasteiger partial charge in [0.25, 0.3) is 11.8 Å². The zero-order chi connectivity index (χ0) is 17.6. The van der Waals surface area contributed by atoms with Gasteiger partial charge in [0.1, 0.15) is 19.5 Å². The Morgan fingerprint density at radius 1 is 1.12 bits per heavy atom. The fourth-order valence-electron chi connectivity index (χ4n) is 2.48. The molecule has 3 rings (SSSR count). The smallest absolute Gasteiger partial charge is 0.377 e. The molecule has 0 atom stereocenters. The van der Waals surface area contributed by atoms with E-state index in [1.54, 1.807) is 15.9 Å². The van der Waals surface area contributed by atoms with Gasteiger partial charge in [0.05, 0.1) is 4.88 Å². The Kier molecular flexibility index (Phi) is 5.54. The maximum atomic E-state index is 12.3. The lowest BCUT2D eigenvalue weighted by molar-refractivity contribution is -0.153. The minimum Gasteiger partial charge on any atom is -0.493 e. The standard InChI is InChI=1S/C16H18N2O6S/c19-14(11-24-16(21)12-10-22-7-8-23-12)17-3-5-18(6-4-17)15(20)13-2-1-9-25-13/h1-2,9-10H,3-8,11H2. The molecule has 9 heteroatoms. The summed E-state index contributed by atoms with van der Waals surface area (Å²) >= 11 is 1.40. The molecule has 3 heterocycles. The van der Waals surface area contributed by atoms with Gasteiger partial charge in [-0.05, 0) is 11.4 Å². The summed E-state index contributed by atoms with van der Waals surface area (Å²) in [6.07, 6.45) is 1.19.